The number of aliphatic hydroxyl groups is 1. The van der Waals surface area contributed by atoms with Crippen molar-refractivity contribution < 1.29 is 5.11 Å². The first-order valence-electron chi connectivity index (χ1n) is 8.50. The molecule has 25 heavy (non-hydrogen) atoms. The Morgan fingerprint density at radius 3 is 2.64 bits per heavy atom. The summed E-state index contributed by atoms with van der Waals surface area (Å²) in [5.74, 6) is 0.475. The number of rotatable bonds is 4. The lowest BCUT2D eigenvalue weighted by Gasteiger charge is -2.26. The Labute approximate surface area is 146 Å². The van der Waals surface area contributed by atoms with Crippen LogP contribution in [0.4, 0.5) is 5.82 Å². The van der Waals surface area contributed by atoms with Crippen molar-refractivity contribution >= 4 is 11.3 Å². The fourth-order valence-corrected chi connectivity index (χ4v) is 3.35. The maximum absolute atomic E-state index is 9.25. The average molecular weight is 338 g/mol. The third kappa shape index (κ3) is 3.09. The number of hydrogen-bond acceptors (Lipinski definition) is 6. The van der Waals surface area contributed by atoms with Gasteiger partial charge in [-0.25, -0.2) is 9.50 Å². The zero-order valence-corrected chi connectivity index (χ0v) is 14.0. The van der Waals surface area contributed by atoms with Crippen LogP contribution in [-0.4, -0.2) is 50.8 Å². The van der Waals surface area contributed by atoms with Crippen molar-refractivity contribution in [2.75, 3.05) is 31.9 Å². The van der Waals surface area contributed by atoms with Gasteiger partial charge in [0, 0.05) is 38.3 Å². The van der Waals surface area contributed by atoms with Crippen LogP contribution in [0.15, 0.2) is 36.7 Å². The van der Waals surface area contributed by atoms with Gasteiger partial charge in [0.05, 0.1) is 12.3 Å². The zero-order valence-electron chi connectivity index (χ0n) is 14.0. The molecule has 0 atom stereocenters. The molecule has 130 valence electrons. The van der Waals surface area contributed by atoms with Gasteiger partial charge in [-0.3, -0.25) is 4.90 Å². The van der Waals surface area contributed by atoms with E-state index in [4.69, 9.17) is 5.73 Å². The molecule has 7 heteroatoms. The minimum atomic E-state index is 0.0380. The predicted octanol–water partition coefficient (Wildman–Crippen LogP) is 0.876. The molecule has 1 aliphatic rings. The van der Waals surface area contributed by atoms with Crippen LogP contribution in [0.1, 0.15) is 11.3 Å². The summed E-state index contributed by atoms with van der Waals surface area (Å²) in [4.78, 5) is 6.58. The van der Waals surface area contributed by atoms with Crippen LogP contribution in [0.25, 0.3) is 16.6 Å². The highest BCUT2D eigenvalue weighted by Gasteiger charge is 2.18. The Bertz CT molecular complexity index is 867. The fraction of sp³-hybridized carbons (Fsp3) is 0.333. The number of aliphatic hydroxyl groups excluding tert-OH is 1. The largest absolute Gasteiger partial charge is 0.392 e. The summed E-state index contributed by atoms with van der Waals surface area (Å²) in [6.07, 6.45) is 1.50. The molecule has 1 saturated heterocycles. The smallest absolute Gasteiger partial charge is 0.151 e. The van der Waals surface area contributed by atoms with Gasteiger partial charge in [-0.2, -0.15) is 5.10 Å². The summed E-state index contributed by atoms with van der Waals surface area (Å²) in [5, 5.41) is 17.1. The van der Waals surface area contributed by atoms with Crippen molar-refractivity contribution in [1.29, 1.82) is 0 Å². The van der Waals surface area contributed by atoms with Gasteiger partial charge in [0.25, 0.3) is 0 Å². The van der Waals surface area contributed by atoms with Crippen LogP contribution in [0.5, 0.6) is 0 Å². The maximum atomic E-state index is 9.25. The first-order valence-corrected chi connectivity index (χ1v) is 8.50. The third-order valence-corrected chi connectivity index (χ3v) is 4.70. The number of nitrogen functional groups attached to an aromatic ring is 1. The van der Waals surface area contributed by atoms with Gasteiger partial charge >= 0.3 is 0 Å². The number of benzene rings is 1. The van der Waals surface area contributed by atoms with E-state index in [0.717, 1.165) is 60.6 Å². The molecule has 0 radical (unpaired) electrons. The number of hydrogen-bond donors (Lipinski definition) is 3. The topological polar surface area (TPSA) is 91.7 Å². The van der Waals surface area contributed by atoms with Gasteiger partial charge in [-0.15, -0.1) is 0 Å². The van der Waals surface area contributed by atoms with Crippen molar-refractivity contribution in [3.63, 3.8) is 0 Å². The van der Waals surface area contributed by atoms with E-state index in [1.807, 2.05) is 28.8 Å². The molecule has 1 aromatic carbocycles. The lowest BCUT2D eigenvalue weighted by molar-refractivity contribution is 0.229. The van der Waals surface area contributed by atoms with E-state index in [1.165, 1.54) is 6.33 Å². The van der Waals surface area contributed by atoms with Crippen LogP contribution < -0.4 is 11.1 Å². The molecule has 0 saturated carbocycles. The minimum Gasteiger partial charge on any atom is -0.392 e. The minimum absolute atomic E-state index is 0.0380. The molecule has 0 aliphatic carbocycles. The van der Waals surface area contributed by atoms with E-state index in [1.54, 1.807) is 0 Å². The van der Waals surface area contributed by atoms with Crippen molar-refractivity contribution in [3.8, 4) is 11.1 Å². The standard InChI is InChI=1S/C18H22N6O/c19-18-17-16(14-3-1-13(11-25)2-4-14)9-15(24(17)22-12-21-18)10-23-7-5-20-6-8-23/h1-4,9,12,20,25H,5-8,10-11H2,(H2,19,21,22). The second-order valence-corrected chi connectivity index (χ2v) is 6.34. The Morgan fingerprint density at radius 2 is 1.92 bits per heavy atom. The molecular weight excluding hydrogens is 316 g/mol. The highest BCUT2D eigenvalue weighted by Crippen LogP contribution is 2.31. The number of nitrogens with one attached hydrogen (secondary N) is 1. The van der Waals surface area contributed by atoms with Crippen LogP contribution >= 0.6 is 0 Å². The van der Waals surface area contributed by atoms with Gasteiger partial charge in [-0.05, 0) is 17.2 Å². The molecule has 0 amide bonds. The van der Waals surface area contributed by atoms with E-state index in [9.17, 15) is 5.11 Å². The molecule has 2 aromatic heterocycles. The lowest BCUT2D eigenvalue weighted by Crippen LogP contribution is -2.43. The number of aromatic nitrogens is 3. The molecule has 4 rings (SSSR count). The summed E-state index contributed by atoms with van der Waals surface area (Å²) in [6.45, 7) is 4.93. The maximum Gasteiger partial charge on any atom is 0.151 e. The van der Waals surface area contributed by atoms with E-state index in [2.05, 4.69) is 26.4 Å². The van der Waals surface area contributed by atoms with Crippen molar-refractivity contribution in [1.82, 2.24) is 24.8 Å². The highest BCUT2D eigenvalue weighted by atomic mass is 16.3. The van der Waals surface area contributed by atoms with Crippen LogP contribution in [-0.2, 0) is 13.2 Å². The SMILES string of the molecule is Nc1ncnn2c(CN3CCNCC3)cc(-c3ccc(CO)cc3)c12. The zero-order chi connectivity index (χ0) is 17.2. The number of nitrogens with zero attached hydrogens (tertiary/aromatic N) is 4. The summed E-state index contributed by atoms with van der Waals surface area (Å²) in [7, 11) is 0. The molecule has 0 spiro atoms. The fourth-order valence-electron chi connectivity index (χ4n) is 3.35. The second-order valence-electron chi connectivity index (χ2n) is 6.34. The monoisotopic (exact) mass is 338 g/mol. The molecule has 1 fully saturated rings. The Balaban J connectivity index is 1.77. The van der Waals surface area contributed by atoms with E-state index < -0.39 is 0 Å². The molecular formula is C18H22N6O. The predicted molar refractivity (Wildman–Crippen MR) is 96.9 cm³/mol. The summed E-state index contributed by atoms with van der Waals surface area (Å²) < 4.78 is 1.90. The summed E-state index contributed by atoms with van der Waals surface area (Å²) in [6, 6.07) is 10.0. The third-order valence-electron chi connectivity index (χ3n) is 4.70. The van der Waals surface area contributed by atoms with Gasteiger partial charge in [0.2, 0.25) is 0 Å². The van der Waals surface area contributed by atoms with Gasteiger partial charge in [0.1, 0.15) is 11.8 Å². The van der Waals surface area contributed by atoms with E-state index in [-0.39, 0.29) is 6.61 Å². The highest BCUT2D eigenvalue weighted by molar-refractivity contribution is 5.88. The first-order chi connectivity index (χ1) is 12.3. The number of nitrogens with two attached hydrogens (primary N) is 1. The van der Waals surface area contributed by atoms with Crippen molar-refractivity contribution in [3.05, 3.63) is 47.9 Å². The molecule has 0 bridgehead atoms. The van der Waals surface area contributed by atoms with Crippen molar-refractivity contribution in [2.24, 2.45) is 0 Å². The first kappa shape index (κ1) is 16.0. The summed E-state index contributed by atoms with van der Waals surface area (Å²) in [5.41, 5.74) is 11.1. The Kier molecular flexibility index (Phi) is 4.35. The van der Waals surface area contributed by atoms with Gasteiger partial charge in [-0.1, -0.05) is 24.3 Å². The quantitative estimate of drug-likeness (QED) is 0.654. The molecule has 0 unspecified atom stereocenters. The molecule has 3 aromatic rings. The van der Waals surface area contributed by atoms with Gasteiger partial charge in [0.15, 0.2) is 5.82 Å². The second kappa shape index (κ2) is 6.79. The van der Waals surface area contributed by atoms with Crippen LogP contribution in [0, 0.1) is 0 Å². The van der Waals surface area contributed by atoms with Crippen LogP contribution in [0.2, 0.25) is 0 Å². The van der Waals surface area contributed by atoms with Crippen LogP contribution in [0.3, 0.4) is 0 Å². The summed E-state index contributed by atoms with van der Waals surface area (Å²) >= 11 is 0. The molecule has 4 N–H and O–H groups in total. The molecule has 7 nitrogen and oxygen atoms in total. The van der Waals surface area contributed by atoms with Gasteiger partial charge < -0.3 is 16.2 Å². The molecule has 1 aliphatic heterocycles. The lowest BCUT2D eigenvalue weighted by atomic mass is 10.0. The van der Waals surface area contributed by atoms with E-state index in [0.29, 0.717) is 5.82 Å². The number of fused-ring (bicyclic) bond motifs is 1. The van der Waals surface area contributed by atoms with E-state index >= 15 is 0 Å². The number of anilines is 1. The average Bonchev–Trinajstić information content (AvgIpc) is 3.02. The molecule has 3 heterocycles. The Morgan fingerprint density at radius 1 is 1.16 bits per heavy atom. The number of piperazine rings is 1. The Hall–Kier alpha value is -2.48. The van der Waals surface area contributed by atoms with Crippen molar-refractivity contribution in [2.45, 2.75) is 13.2 Å². The normalized spacial score (nSPS) is 15.7.